The van der Waals surface area contributed by atoms with Crippen molar-refractivity contribution in [1.82, 2.24) is 20.0 Å². The fourth-order valence-corrected chi connectivity index (χ4v) is 4.34. The highest BCUT2D eigenvalue weighted by Gasteiger charge is 2.22. The number of hydrogen-bond donors (Lipinski definition) is 1. The highest BCUT2D eigenvalue weighted by Crippen LogP contribution is 2.21. The third-order valence-electron chi connectivity index (χ3n) is 6.33. The Morgan fingerprint density at radius 1 is 1.09 bits per heavy atom. The molecule has 9 heteroatoms. The number of H-pyrrole nitrogens is 1. The van der Waals surface area contributed by atoms with Crippen LogP contribution in [0.2, 0.25) is 0 Å². The lowest BCUT2D eigenvalue weighted by Crippen LogP contribution is -2.48. The van der Waals surface area contributed by atoms with Crippen molar-refractivity contribution in [2.75, 3.05) is 38.2 Å². The third kappa shape index (κ3) is 4.89. The number of benzene rings is 2. The molecule has 0 saturated carbocycles. The van der Waals surface area contributed by atoms with E-state index >= 15 is 0 Å². The monoisotopic (exact) mass is 473 g/mol. The molecule has 0 aliphatic carbocycles. The molecule has 180 valence electrons. The molecule has 0 atom stereocenters. The first-order chi connectivity index (χ1) is 17.0. The molecule has 0 bridgehead atoms. The average Bonchev–Trinajstić information content (AvgIpc) is 3.36. The predicted molar refractivity (Wildman–Crippen MR) is 133 cm³/mol. The number of nitrogens with one attached hydrogen (secondary N) is 1. The van der Waals surface area contributed by atoms with Crippen molar-refractivity contribution in [3.63, 3.8) is 0 Å². The van der Waals surface area contributed by atoms with Crippen LogP contribution in [0.15, 0.2) is 57.8 Å². The van der Waals surface area contributed by atoms with E-state index in [2.05, 4.69) is 20.0 Å². The topological polar surface area (TPSA) is 105 Å². The van der Waals surface area contributed by atoms with Gasteiger partial charge in [0.15, 0.2) is 0 Å². The molecule has 1 aliphatic rings. The van der Waals surface area contributed by atoms with Crippen LogP contribution in [0.25, 0.3) is 22.3 Å². The Hall–Kier alpha value is -4.14. The zero-order valence-corrected chi connectivity index (χ0v) is 19.8. The van der Waals surface area contributed by atoms with E-state index in [9.17, 15) is 9.59 Å². The lowest BCUT2D eigenvalue weighted by atomic mass is 10.1. The third-order valence-corrected chi connectivity index (χ3v) is 6.33. The fourth-order valence-electron chi connectivity index (χ4n) is 4.34. The number of aromatic amines is 1. The summed E-state index contributed by atoms with van der Waals surface area (Å²) in [5.74, 6) is 1.45. The van der Waals surface area contributed by atoms with Gasteiger partial charge in [0.2, 0.25) is 17.6 Å². The van der Waals surface area contributed by atoms with Crippen LogP contribution in [0.1, 0.15) is 17.9 Å². The standard InChI is InChI=1S/C26H27N5O4/c1-17-3-8-22-18(15-17)16-21(26(33)27-22)25-28-23(35-29-25)9-10-24(32)31-13-11-30(12-14-31)19-4-6-20(34-2)7-5-19/h3-8,15-16H,9-14H2,1-2H3,(H,27,33). The highest BCUT2D eigenvalue weighted by molar-refractivity contribution is 5.83. The quantitative estimate of drug-likeness (QED) is 0.459. The van der Waals surface area contributed by atoms with Gasteiger partial charge in [0, 0.05) is 50.2 Å². The number of ether oxygens (including phenoxy) is 1. The van der Waals surface area contributed by atoms with Crippen LogP contribution in [0, 0.1) is 6.92 Å². The van der Waals surface area contributed by atoms with E-state index in [4.69, 9.17) is 9.26 Å². The molecule has 35 heavy (non-hydrogen) atoms. The lowest BCUT2D eigenvalue weighted by Gasteiger charge is -2.36. The summed E-state index contributed by atoms with van der Waals surface area (Å²) < 4.78 is 10.6. The number of amides is 1. The van der Waals surface area contributed by atoms with E-state index in [1.54, 1.807) is 13.2 Å². The van der Waals surface area contributed by atoms with Gasteiger partial charge in [-0.2, -0.15) is 4.98 Å². The fraction of sp³-hybridized carbons (Fsp3) is 0.308. The van der Waals surface area contributed by atoms with E-state index in [0.29, 0.717) is 31.0 Å². The van der Waals surface area contributed by atoms with Crippen LogP contribution in [-0.2, 0) is 11.2 Å². The normalized spacial score (nSPS) is 13.9. The molecule has 1 amide bonds. The van der Waals surface area contributed by atoms with Crippen LogP contribution >= 0.6 is 0 Å². The zero-order valence-electron chi connectivity index (χ0n) is 19.8. The number of pyridine rings is 1. The zero-order chi connectivity index (χ0) is 24.4. The van der Waals surface area contributed by atoms with Crippen LogP contribution in [-0.4, -0.2) is 59.2 Å². The Kier molecular flexibility index (Phi) is 6.22. The van der Waals surface area contributed by atoms with Crippen LogP contribution in [0.3, 0.4) is 0 Å². The largest absolute Gasteiger partial charge is 0.497 e. The van der Waals surface area contributed by atoms with Crippen molar-refractivity contribution in [1.29, 1.82) is 0 Å². The van der Waals surface area contributed by atoms with Crippen molar-refractivity contribution < 1.29 is 14.1 Å². The number of piperazine rings is 1. The Labute approximate surface area is 202 Å². The molecular formula is C26H27N5O4. The van der Waals surface area contributed by atoms with Gasteiger partial charge in [-0.3, -0.25) is 9.59 Å². The van der Waals surface area contributed by atoms with Gasteiger partial charge in [0.1, 0.15) is 5.75 Å². The molecule has 0 unspecified atom stereocenters. The first-order valence-electron chi connectivity index (χ1n) is 11.6. The summed E-state index contributed by atoms with van der Waals surface area (Å²) in [4.78, 5) is 36.6. The van der Waals surface area contributed by atoms with Crippen molar-refractivity contribution >= 4 is 22.5 Å². The molecule has 1 aliphatic heterocycles. The van der Waals surface area contributed by atoms with Gasteiger partial charge in [-0.15, -0.1) is 0 Å². The van der Waals surface area contributed by atoms with Gasteiger partial charge in [-0.25, -0.2) is 0 Å². The minimum absolute atomic E-state index is 0.0539. The second-order valence-corrected chi connectivity index (χ2v) is 8.68. The SMILES string of the molecule is COc1ccc(N2CCN(C(=O)CCc3nc(-c4cc5cc(C)ccc5[nH]c4=O)no3)CC2)cc1. The van der Waals surface area contributed by atoms with Gasteiger partial charge in [-0.05, 0) is 54.8 Å². The number of hydrogen-bond acceptors (Lipinski definition) is 7. The van der Waals surface area contributed by atoms with Crippen molar-refractivity contribution in [2.45, 2.75) is 19.8 Å². The van der Waals surface area contributed by atoms with Crippen LogP contribution < -0.4 is 15.2 Å². The smallest absolute Gasteiger partial charge is 0.259 e. The minimum atomic E-state index is -0.278. The number of anilines is 1. The number of carbonyl (C=O) groups is 1. The second-order valence-electron chi connectivity index (χ2n) is 8.68. The highest BCUT2D eigenvalue weighted by atomic mass is 16.5. The molecule has 5 rings (SSSR count). The summed E-state index contributed by atoms with van der Waals surface area (Å²) in [5.41, 5.74) is 3.03. The Morgan fingerprint density at radius 2 is 1.86 bits per heavy atom. The number of nitrogens with zero attached hydrogens (tertiary/aromatic N) is 4. The number of carbonyl (C=O) groups excluding carboxylic acids is 1. The van der Waals surface area contributed by atoms with Crippen molar-refractivity contribution in [3.8, 4) is 17.1 Å². The van der Waals surface area contributed by atoms with E-state index in [1.807, 2.05) is 54.3 Å². The molecule has 1 saturated heterocycles. The molecule has 2 aromatic heterocycles. The average molecular weight is 474 g/mol. The Morgan fingerprint density at radius 3 is 2.60 bits per heavy atom. The molecule has 0 radical (unpaired) electrons. The summed E-state index contributed by atoms with van der Waals surface area (Å²) in [7, 11) is 1.65. The second kappa shape index (κ2) is 9.61. The number of rotatable bonds is 6. The Balaban J connectivity index is 1.18. The van der Waals surface area contributed by atoms with Gasteiger partial charge in [-0.1, -0.05) is 16.8 Å². The summed E-state index contributed by atoms with van der Waals surface area (Å²) in [6.45, 7) is 4.85. The summed E-state index contributed by atoms with van der Waals surface area (Å²) in [6.07, 6.45) is 0.604. The molecule has 0 spiro atoms. The van der Waals surface area contributed by atoms with Gasteiger partial charge < -0.3 is 24.0 Å². The first-order valence-corrected chi connectivity index (χ1v) is 11.6. The van der Waals surface area contributed by atoms with Crippen LogP contribution in [0.5, 0.6) is 5.75 Å². The van der Waals surface area contributed by atoms with Gasteiger partial charge in [0.25, 0.3) is 5.56 Å². The summed E-state index contributed by atoms with van der Waals surface area (Å²) >= 11 is 0. The Bertz CT molecular complexity index is 1400. The van der Waals surface area contributed by atoms with E-state index < -0.39 is 0 Å². The minimum Gasteiger partial charge on any atom is -0.497 e. The lowest BCUT2D eigenvalue weighted by molar-refractivity contribution is -0.131. The molecule has 1 fully saturated rings. The molecular weight excluding hydrogens is 446 g/mol. The summed E-state index contributed by atoms with van der Waals surface area (Å²) in [5, 5.41) is 4.87. The summed E-state index contributed by atoms with van der Waals surface area (Å²) in [6, 6.07) is 15.5. The maximum absolute atomic E-state index is 12.8. The predicted octanol–water partition coefficient (Wildman–Crippen LogP) is 3.18. The van der Waals surface area contributed by atoms with E-state index in [0.717, 1.165) is 41.0 Å². The maximum atomic E-state index is 12.8. The van der Waals surface area contributed by atoms with Crippen molar-refractivity contribution in [3.05, 3.63) is 70.3 Å². The van der Waals surface area contributed by atoms with Crippen molar-refractivity contribution in [2.24, 2.45) is 0 Å². The maximum Gasteiger partial charge on any atom is 0.259 e. The molecule has 1 N–H and O–H groups in total. The number of fused-ring (bicyclic) bond motifs is 1. The van der Waals surface area contributed by atoms with Gasteiger partial charge in [0.05, 0.1) is 12.7 Å². The van der Waals surface area contributed by atoms with Crippen LogP contribution in [0.4, 0.5) is 5.69 Å². The van der Waals surface area contributed by atoms with E-state index in [-0.39, 0.29) is 23.7 Å². The number of methoxy groups -OCH3 is 1. The molecule has 9 nitrogen and oxygen atoms in total. The first kappa shape index (κ1) is 22.6. The van der Waals surface area contributed by atoms with Gasteiger partial charge >= 0.3 is 0 Å². The number of aromatic nitrogens is 3. The molecule has 4 aromatic rings. The molecule has 3 heterocycles. The molecule has 2 aromatic carbocycles. The number of aryl methyl sites for hydroxylation is 2. The van der Waals surface area contributed by atoms with E-state index in [1.165, 1.54) is 0 Å².